The predicted molar refractivity (Wildman–Crippen MR) is 40.9 cm³/mol. The second kappa shape index (κ2) is 6.51. The molecule has 0 aliphatic rings. The topological polar surface area (TPSA) is 102 Å². The van der Waals surface area contributed by atoms with E-state index in [1.54, 1.807) is 0 Å². The van der Waals surface area contributed by atoms with Gasteiger partial charge in [-0.1, -0.05) is 0 Å². The van der Waals surface area contributed by atoms with Gasteiger partial charge in [-0.15, -0.1) is 0 Å². The molecule has 6 N–H and O–H groups in total. The summed E-state index contributed by atoms with van der Waals surface area (Å²) in [5.74, 6) is 0. The van der Waals surface area contributed by atoms with Crippen molar-refractivity contribution in [2.75, 3.05) is 26.3 Å². The lowest BCUT2D eigenvalue weighted by Gasteiger charge is -2.11. The fourth-order valence-electron chi connectivity index (χ4n) is 0.476. The first-order chi connectivity index (χ1) is 5.20. The van der Waals surface area contributed by atoms with Crippen LogP contribution in [0.1, 0.15) is 0 Å². The van der Waals surface area contributed by atoms with Gasteiger partial charge in [0.15, 0.2) is 0 Å². The number of ether oxygens (including phenoxy) is 1. The summed E-state index contributed by atoms with van der Waals surface area (Å²) in [5, 5.41) is 17.8. The molecular weight excluding hydrogens is 148 g/mol. The molecule has 0 aromatic rings. The molecule has 0 saturated heterocycles. The Morgan fingerprint density at radius 1 is 1.00 bits per heavy atom. The zero-order valence-corrected chi connectivity index (χ0v) is 6.44. The zero-order chi connectivity index (χ0) is 8.69. The van der Waals surface area contributed by atoms with Gasteiger partial charge in [0.1, 0.15) is 0 Å². The maximum atomic E-state index is 8.88. The first-order valence-corrected chi connectivity index (χ1v) is 3.54. The maximum Gasteiger partial charge on any atom is 0.0895 e. The highest BCUT2D eigenvalue weighted by molar-refractivity contribution is 4.56. The predicted octanol–water partition coefficient (Wildman–Crippen LogP) is -2.36. The molecule has 0 heterocycles. The van der Waals surface area contributed by atoms with E-state index in [0.717, 1.165) is 0 Å². The fraction of sp³-hybridized carbons (Fsp3) is 1.00. The highest BCUT2D eigenvalue weighted by atomic mass is 16.5. The van der Waals surface area contributed by atoms with E-state index in [2.05, 4.69) is 0 Å². The lowest BCUT2D eigenvalue weighted by Crippen LogP contribution is -2.30. The second-order valence-electron chi connectivity index (χ2n) is 2.32. The van der Waals surface area contributed by atoms with E-state index in [-0.39, 0.29) is 26.3 Å². The van der Waals surface area contributed by atoms with Crippen LogP contribution in [-0.2, 0) is 4.74 Å². The Balaban J connectivity index is 3.13. The largest absolute Gasteiger partial charge is 0.389 e. The number of hydrogen-bond donors (Lipinski definition) is 4. The minimum absolute atomic E-state index is 0.146. The van der Waals surface area contributed by atoms with Crippen LogP contribution in [0.4, 0.5) is 0 Å². The normalized spacial score (nSPS) is 16.4. The minimum Gasteiger partial charge on any atom is -0.389 e. The summed E-state index contributed by atoms with van der Waals surface area (Å²) in [4.78, 5) is 0. The van der Waals surface area contributed by atoms with Crippen LogP contribution in [0.5, 0.6) is 0 Å². The molecule has 0 spiro atoms. The average molecular weight is 164 g/mol. The number of aliphatic hydroxyl groups excluding tert-OH is 2. The van der Waals surface area contributed by atoms with Gasteiger partial charge in [-0.2, -0.15) is 0 Å². The van der Waals surface area contributed by atoms with Crippen molar-refractivity contribution < 1.29 is 14.9 Å². The summed E-state index contributed by atoms with van der Waals surface area (Å²) in [7, 11) is 0. The Hall–Kier alpha value is -0.200. The van der Waals surface area contributed by atoms with E-state index >= 15 is 0 Å². The van der Waals surface area contributed by atoms with E-state index in [1.165, 1.54) is 0 Å². The SMILES string of the molecule is NCC(O)COCC(O)CN. The van der Waals surface area contributed by atoms with E-state index < -0.39 is 12.2 Å². The molecule has 2 atom stereocenters. The number of nitrogens with two attached hydrogens (primary N) is 2. The van der Waals surface area contributed by atoms with Crippen molar-refractivity contribution in [3.63, 3.8) is 0 Å². The van der Waals surface area contributed by atoms with Gasteiger partial charge in [0.2, 0.25) is 0 Å². The van der Waals surface area contributed by atoms with Gasteiger partial charge in [0.05, 0.1) is 25.4 Å². The summed E-state index contributed by atoms with van der Waals surface area (Å²) in [6, 6.07) is 0. The third kappa shape index (κ3) is 6.21. The number of aliphatic hydroxyl groups is 2. The van der Waals surface area contributed by atoms with Gasteiger partial charge in [0.25, 0.3) is 0 Å². The van der Waals surface area contributed by atoms with Crippen molar-refractivity contribution in [1.82, 2.24) is 0 Å². The molecule has 68 valence electrons. The van der Waals surface area contributed by atoms with Crippen molar-refractivity contribution in [2.24, 2.45) is 11.5 Å². The molecular formula is C6H16N2O3. The minimum atomic E-state index is -0.653. The highest BCUT2D eigenvalue weighted by Crippen LogP contribution is 1.85. The van der Waals surface area contributed by atoms with Crippen molar-refractivity contribution in [2.45, 2.75) is 12.2 Å². The van der Waals surface area contributed by atoms with Crippen LogP contribution in [-0.4, -0.2) is 48.7 Å². The quantitative estimate of drug-likeness (QED) is 0.352. The van der Waals surface area contributed by atoms with E-state index in [4.69, 9.17) is 26.4 Å². The number of hydrogen-bond acceptors (Lipinski definition) is 5. The Morgan fingerprint density at radius 3 is 1.64 bits per heavy atom. The smallest absolute Gasteiger partial charge is 0.0895 e. The summed E-state index contributed by atoms with van der Waals surface area (Å²) >= 11 is 0. The van der Waals surface area contributed by atoms with Crippen LogP contribution in [0.25, 0.3) is 0 Å². The zero-order valence-electron chi connectivity index (χ0n) is 6.44. The maximum absolute atomic E-state index is 8.88. The van der Waals surface area contributed by atoms with Crippen LogP contribution >= 0.6 is 0 Å². The van der Waals surface area contributed by atoms with Crippen molar-refractivity contribution in [1.29, 1.82) is 0 Å². The van der Waals surface area contributed by atoms with E-state index in [0.29, 0.717) is 0 Å². The molecule has 0 fully saturated rings. The van der Waals surface area contributed by atoms with Gasteiger partial charge >= 0.3 is 0 Å². The molecule has 0 aliphatic heterocycles. The van der Waals surface area contributed by atoms with Crippen LogP contribution < -0.4 is 11.5 Å². The molecule has 0 aliphatic carbocycles. The van der Waals surface area contributed by atoms with Crippen molar-refractivity contribution >= 4 is 0 Å². The summed E-state index contributed by atoms with van der Waals surface area (Å²) in [6.45, 7) is 0.624. The molecule has 11 heavy (non-hydrogen) atoms. The van der Waals surface area contributed by atoms with Crippen molar-refractivity contribution in [3.8, 4) is 0 Å². The molecule has 0 amide bonds. The molecule has 0 bridgehead atoms. The van der Waals surface area contributed by atoms with Gasteiger partial charge in [-0.3, -0.25) is 0 Å². The molecule has 5 nitrogen and oxygen atoms in total. The van der Waals surface area contributed by atoms with Gasteiger partial charge < -0.3 is 26.4 Å². The Kier molecular flexibility index (Phi) is 6.39. The Morgan fingerprint density at radius 2 is 1.36 bits per heavy atom. The monoisotopic (exact) mass is 164 g/mol. The average Bonchev–Trinajstić information content (AvgIpc) is 2.04. The molecule has 2 unspecified atom stereocenters. The Labute approximate surface area is 65.9 Å². The second-order valence-corrected chi connectivity index (χ2v) is 2.32. The van der Waals surface area contributed by atoms with E-state index in [9.17, 15) is 0 Å². The standard InChI is InChI=1S/C6H16N2O3/c7-1-5(9)3-11-4-6(10)2-8/h5-6,9-10H,1-4,7-8H2. The van der Waals surface area contributed by atoms with Crippen LogP contribution in [0.3, 0.4) is 0 Å². The molecule has 0 rings (SSSR count). The summed E-state index contributed by atoms with van der Waals surface area (Å²) < 4.78 is 4.88. The molecule has 0 saturated carbocycles. The summed E-state index contributed by atoms with van der Waals surface area (Å²) in [6.07, 6.45) is -1.31. The lowest BCUT2D eigenvalue weighted by atomic mass is 10.4. The number of rotatable bonds is 6. The first kappa shape index (κ1) is 10.8. The fourth-order valence-corrected chi connectivity index (χ4v) is 0.476. The molecule has 0 aromatic heterocycles. The van der Waals surface area contributed by atoms with Gasteiger partial charge in [0, 0.05) is 13.1 Å². The molecule has 5 heteroatoms. The first-order valence-electron chi connectivity index (χ1n) is 3.54. The lowest BCUT2D eigenvalue weighted by molar-refractivity contribution is -0.00172. The molecule has 0 radical (unpaired) electrons. The van der Waals surface area contributed by atoms with Crippen LogP contribution in [0.15, 0.2) is 0 Å². The van der Waals surface area contributed by atoms with E-state index in [1.807, 2.05) is 0 Å². The highest BCUT2D eigenvalue weighted by Gasteiger charge is 2.03. The Bertz CT molecular complexity index is 81.9. The third-order valence-electron chi connectivity index (χ3n) is 1.16. The molecule has 0 aromatic carbocycles. The third-order valence-corrected chi connectivity index (χ3v) is 1.16. The van der Waals surface area contributed by atoms with Crippen LogP contribution in [0.2, 0.25) is 0 Å². The van der Waals surface area contributed by atoms with Gasteiger partial charge in [-0.25, -0.2) is 0 Å². The van der Waals surface area contributed by atoms with Gasteiger partial charge in [-0.05, 0) is 0 Å². The van der Waals surface area contributed by atoms with Crippen LogP contribution in [0, 0.1) is 0 Å². The van der Waals surface area contributed by atoms with Crippen molar-refractivity contribution in [3.05, 3.63) is 0 Å². The summed E-state index contributed by atoms with van der Waals surface area (Å²) in [5.41, 5.74) is 10.2.